The van der Waals surface area contributed by atoms with E-state index in [2.05, 4.69) is 20.5 Å². The van der Waals surface area contributed by atoms with Gasteiger partial charge in [-0.25, -0.2) is 4.39 Å². The Bertz CT molecular complexity index is 1160. The molecule has 1 N–H and O–H groups in total. The second kappa shape index (κ2) is 9.40. The number of hydrogen-bond acceptors (Lipinski definition) is 6. The molecule has 0 fully saturated rings. The van der Waals surface area contributed by atoms with E-state index in [4.69, 9.17) is 4.74 Å². The van der Waals surface area contributed by atoms with E-state index in [1.807, 2.05) is 47.0 Å². The van der Waals surface area contributed by atoms with Crippen LogP contribution in [0.15, 0.2) is 78.1 Å². The van der Waals surface area contributed by atoms with Gasteiger partial charge in [0.25, 0.3) is 0 Å². The van der Waals surface area contributed by atoms with E-state index in [0.717, 1.165) is 11.4 Å². The zero-order valence-electron chi connectivity index (χ0n) is 16.5. The average molecular weight is 435 g/mol. The first kappa shape index (κ1) is 20.5. The molecular weight excluding hydrogens is 417 g/mol. The highest BCUT2D eigenvalue weighted by Gasteiger charge is 2.18. The van der Waals surface area contributed by atoms with Crippen LogP contribution < -0.4 is 10.1 Å². The summed E-state index contributed by atoms with van der Waals surface area (Å²) in [5.41, 5.74) is 2.00. The van der Waals surface area contributed by atoms with Crippen LogP contribution in [0.2, 0.25) is 0 Å². The first-order valence-corrected chi connectivity index (χ1v) is 10.3. The van der Waals surface area contributed by atoms with Crippen molar-refractivity contribution >= 4 is 23.4 Å². The number of nitrogens with zero attached hydrogens (tertiary/aromatic N) is 4. The van der Waals surface area contributed by atoms with Crippen molar-refractivity contribution < 1.29 is 13.9 Å². The van der Waals surface area contributed by atoms with Crippen LogP contribution in [0, 0.1) is 5.82 Å². The summed E-state index contributed by atoms with van der Waals surface area (Å²) in [7, 11) is 1.61. The number of benzene rings is 2. The predicted octanol–water partition coefficient (Wildman–Crippen LogP) is 4.21. The molecule has 0 saturated carbocycles. The largest absolute Gasteiger partial charge is 0.497 e. The number of thioether (sulfide) groups is 1. The Morgan fingerprint density at radius 3 is 2.52 bits per heavy atom. The monoisotopic (exact) mass is 435 g/mol. The number of pyridine rings is 1. The number of halogens is 1. The average Bonchev–Trinajstić information content (AvgIpc) is 3.24. The summed E-state index contributed by atoms with van der Waals surface area (Å²) in [6.07, 6.45) is 1.69. The van der Waals surface area contributed by atoms with Crippen molar-refractivity contribution in [1.29, 1.82) is 0 Å². The molecule has 9 heteroatoms. The number of aromatic nitrogens is 4. The van der Waals surface area contributed by atoms with Gasteiger partial charge >= 0.3 is 0 Å². The first-order chi connectivity index (χ1) is 15.1. The molecule has 0 radical (unpaired) electrons. The van der Waals surface area contributed by atoms with Gasteiger partial charge in [-0.05, 0) is 60.7 Å². The maximum absolute atomic E-state index is 13.0. The third kappa shape index (κ3) is 4.89. The lowest BCUT2D eigenvalue weighted by molar-refractivity contribution is -0.113. The molecule has 7 nitrogen and oxygen atoms in total. The molecule has 31 heavy (non-hydrogen) atoms. The fraction of sp³-hybridized carbons (Fsp3) is 0.0909. The molecule has 0 unspecified atom stereocenters. The fourth-order valence-corrected chi connectivity index (χ4v) is 3.60. The molecule has 0 saturated heterocycles. The van der Waals surface area contributed by atoms with Crippen LogP contribution in [-0.2, 0) is 4.79 Å². The number of nitrogens with one attached hydrogen (secondary N) is 1. The van der Waals surface area contributed by atoms with Gasteiger partial charge < -0.3 is 10.1 Å². The van der Waals surface area contributed by atoms with E-state index in [0.29, 0.717) is 22.4 Å². The second-order valence-electron chi connectivity index (χ2n) is 6.40. The number of amides is 1. The van der Waals surface area contributed by atoms with Gasteiger partial charge in [-0.2, -0.15) is 0 Å². The van der Waals surface area contributed by atoms with Gasteiger partial charge in [0.15, 0.2) is 11.0 Å². The highest BCUT2D eigenvalue weighted by atomic mass is 32.2. The minimum Gasteiger partial charge on any atom is -0.497 e. The van der Waals surface area contributed by atoms with Gasteiger partial charge in [0.2, 0.25) is 5.91 Å². The zero-order valence-corrected chi connectivity index (χ0v) is 17.3. The van der Waals surface area contributed by atoms with Gasteiger partial charge in [-0.3, -0.25) is 14.3 Å². The van der Waals surface area contributed by atoms with Gasteiger partial charge in [0, 0.05) is 11.9 Å². The van der Waals surface area contributed by atoms with Crippen molar-refractivity contribution in [1.82, 2.24) is 19.7 Å². The summed E-state index contributed by atoms with van der Waals surface area (Å²) < 4.78 is 20.1. The van der Waals surface area contributed by atoms with E-state index >= 15 is 0 Å². The lowest BCUT2D eigenvalue weighted by Crippen LogP contribution is -2.14. The number of anilines is 1. The molecule has 2 aromatic heterocycles. The summed E-state index contributed by atoms with van der Waals surface area (Å²) in [5.74, 6) is 0.798. The van der Waals surface area contributed by atoms with Gasteiger partial charge in [0.1, 0.15) is 17.3 Å². The van der Waals surface area contributed by atoms with Gasteiger partial charge in [-0.1, -0.05) is 17.8 Å². The van der Waals surface area contributed by atoms with Crippen molar-refractivity contribution in [3.63, 3.8) is 0 Å². The highest BCUT2D eigenvalue weighted by Crippen LogP contribution is 2.28. The number of rotatable bonds is 7. The summed E-state index contributed by atoms with van der Waals surface area (Å²) in [6.45, 7) is 0. The molecule has 4 rings (SSSR count). The van der Waals surface area contributed by atoms with E-state index in [9.17, 15) is 9.18 Å². The zero-order chi connectivity index (χ0) is 21.6. The molecule has 0 atom stereocenters. The standard InChI is InChI=1S/C22H18FN5O2S/c1-30-18-11-9-17(10-12-18)28-21(19-4-2-3-13-24-19)26-27-22(28)31-14-20(29)25-16-7-5-15(23)6-8-16/h2-13H,14H2,1H3,(H,25,29). The topological polar surface area (TPSA) is 81.9 Å². The number of carbonyl (C=O) groups excluding carboxylic acids is 1. The van der Waals surface area contributed by atoms with Crippen LogP contribution in [0.4, 0.5) is 10.1 Å². The Balaban J connectivity index is 1.58. The third-order valence-electron chi connectivity index (χ3n) is 4.32. The molecule has 0 aliphatic carbocycles. The Morgan fingerprint density at radius 2 is 1.84 bits per heavy atom. The molecule has 0 aliphatic rings. The fourth-order valence-electron chi connectivity index (χ4n) is 2.85. The van der Waals surface area contributed by atoms with Crippen LogP contribution >= 0.6 is 11.8 Å². The maximum Gasteiger partial charge on any atom is 0.234 e. The summed E-state index contributed by atoms with van der Waals surface area (Å²) in [5, 5.41) is 11.9. The van der Waals surface area contributed by atoms with Crippen molar-refractivity contribution in [2.75, 3.05) is 18.2 Å². The smallest absolute Gasteiger partial charge is 0.234 e. The molecule has 2 aromatic carbocycles. The van der Waals surface area contributed by atoms with E-state index < -0.39 is 0 Å². The first-order valence-electron chi connectivity index (χ1n) is 9.33. The van der Waals surface area contributed by atoms with Crippen LogP contribution in [-0.4, -0.2) is 38.5 Å². The lowest BCUT2D eigenvalue weighted by Gasteiger charge is -2.11. The van der Waals surface area contributed by atoms with Crippen LogP contribution in [0.3, 0.4) is 0 Å². The summed E-state index contributed by atoms with van der Waals surface area (Å²) in [4.78, 5) is 16.7. The molecule has 156 valence electrons. The molecule has 0 spiro atoms. The number of carbonyl (C=O) groups is 1. The van der Waals surface area contributed by atoms with Gasteiger partial charge in [0.05, 0.1) is 18.6 Å². The number of methoxy groups -OCH3 is 1. The maximum atomic E-state index is 13.0. The van der Waals surface area contributed by atoms with E-state index in [1.165, 1.54) is 36.0 Å². The molecule has 4 aromatic rings. The van der Waals surface area contributed by atoms with Crippen LogP contribution in [0.25, 0.3) is 17.2 Å². The van der Waals surface area contributed by atoms with Gasteiger partial charge in [-0.15, -0.1) is 10.2 Å². The number of ether oxygens (including phenoxy) is 1. The molecule has 2 heterocycles. The minimum absolute atomic E-state index is 0.105. The SMILES string of the molecule is COc1ccc(-n2c(SCC(=O)Nc3ccc(F)cc3)nnc2-c2ccccn2)cc1. The highest BCUT2D eigenvalue weighted by molar-refractivity contribution is 7.99. The summed E-state index contributed by atoms with van der Waals surface area (Å²) >= 11 is 1.24. The predicted molar refractivity (Wildman–Crippen MR) is 117 cm³/mol. The Labute approximate surface area is 182 Å². The summed E-state index contributed by atoms with van der Waals surface area (Å²) in [6, 6.07) is 18.6. The van der Waals surface area contributed by atoms with Crippen LogP contribution in [0.1, 0.15) is 0 Å². The molecular formula is C22H18FN5O2S. The van der Waals surface area contributed by atoms with Crippen molar-refractivity contribution in [2.24, 2.45) is 0 Å². The molecule has 0 bridgehead atoms. The van der Waals surface area contributed by atoms with Crippen molar-refractivity contribution in [3.8, 4) is 23.0 Å². The van der Waals surface area contributed by atoms with E-state index in [-0.39, 0.29) is 17.5 Å². The minimum atomic E-state index is -0.359. The normalized spacial score (nSPS) is 10.6. The third-order valence-corrected chi connectivity index (χ3v) is 5.25. The lowest BCUT2D eigenvalue weighted by atomic mass is 10.3. The van der Waals surface area contributed by atoms with Crippen LogP contribution in [0.5, 0.6) is 5.75 Å². The Morgan fingerprint density at radius 1 is 1.06 bits per heavy atom. The molecule has 1 amide bonds. The van der Waals surface area contributed by atoms with Crippen molar-refractivity contribution in [3.05, 3.63) is 78.7 Å². The Kier molecular flexibility index (Phi) is 6.23. The Hall–Kier alpha value is -3.72. The number of hydrogen-bond donors (Lipinski definition) is 1. The molecule has 0 aliphatic heterocycles. The quantitative estimate of drug-likeness (QED) is 0.438. The second-order valence-corrected chi connectivity index (χ2v) is 7.34. The van der Waals surface area contributed by atoms with Crippen molar-refractivity contribution in [2.45, 2.75) is 5.16 Å². The van der Waals surface area contributed by atoms with E-state index in [1.54, 1.807) is 13.3 Å².